The number of carbonyl (C=O) groups is 1. The van der Waals surface area contributed by atoms with E-state index in [1.807, 2.05) is 19.1 Å². The van der Waals surface area contributed by atoms with Crippen molar-refractivity contribution >= 4 is 15.9 Å². The molecule has 0 spiro atoms. The maximum Gasteiger partial charge on any atom is 0.251 e. The molecule has 1 aromatic carbocycles. The Bertz CT molecular complexity index is 985. The van der Waals surface area contributed by atoms with Crippen LogP contribution in [0.2, 0.25) is 0 Å². The molecule has 27 heavy (non-hydrogen) atoms. The molecule has 1 atom stereocenters. The molecule has 3 aromatic rings. The predicted molar refractivity (Wildman–Crippen MR) is 99.3 cm³/mol. The summed E-state index contributed by atoms with van der Waals surface area (Å²) < 4.78 is 32.2. The van der Waals surface area contributed by atoms with E-state index < -0.39 is 10.0 Å². The Morgan fingerprint density at radius 3 is 2.44 bits per heavy atom. The first kappa shape index (κ1) is 18.8. The van der Waals surface area contributed by atoms with E-state index in [1.54, 1.807) is 24.5 Å². The molecule has 3 rings (SSSR count). The average Bonchev–Trinajstić information content (AvgIpc) is 3.21. The number of rotatable bonds is 7. The number of sulfonamides is 1. The molecule has 0 saturated heterocycles. The fraction of sp³-hybridized carbons (Fsp3) is 0.158. The molecule has 0 aliphatic rings. The van der Waals surface area contributed by atoms with E-state index in [9.17, 15) is 13.2 Å². The molecule has 140 valence electrons. The third kappa shape index (κ3) is 4.81. The third-order valence-electron chi connectivity index (χ3n) is 4.00. The predicted octanol–water partition coefficient (Wildman–Crippen LogP) is 2.64. The molecule has 0 radical (unpaired) electrons. The lowest BCUT2D eigenvalue weighted by Gasteiger charge is -2.14. The van der Waals surface area contributed by atoms with Crippen molar-refractivity contribution in [3.05, 3.63) is 84.1 Å². The lowest BCUT2D eigenvalue weighted by Crippen LogP contribution is -2.27. The molecule has 1 amide bonds. The van der Waals surface area contributed by atoms with Gasteiger partial charge in [-0.3, -0.25) is 9.78 Å². The van der Waals surface area contributed by atoms with Crippen LogP contribution in [-0.2, 0) is 16.6 Å². The fourth-order valence-electron chi connectivity index (χ4n) is 2.46. The Morgan fingerprint density at radius 2 is 1.81 bits per heavy atom. The minimum absolute atomic E-state index is 0.0566. The number of hydrogen-bond acceptors (Lipinski definition) is 5. The zero-order valence-electron chi connectivity index (χ0n) is 14.6. The van der Waals surface area contributed by atoms with E-state index in [-0.39, 0.29) is 23.4 Å². The van der Waals surface area contributed by atoms with Crippen molar-refractivity contribution in [2.45, 2.75) is 24.4 Å². The summed E-state index contributed by atoms with van der Waals surface area (Å²) in [5.74, 6) is 0.228. The molecule has 0 fully saturated rings. The first-order chi connectivity index (χ1) is 13.0. The van der Waals surface area contributed by atoms with Gasteiger partial charge in [0.2, 0.25) is 10.0 Å². The van der Waals surface area contributed by atoms with Crippen LogP contribution in [0.1, 0.15) is 34.6 Å². The summed E-state index contributed by atoms with van der Waals surface area (Å²) in [4.78, 5) is 16.4. The summed E-state index contributed by atoms with van der Waals surface area (Å²) in [6.07, 6.45) is 4.80. The van der Waals surface area contributed by atoms with E-state index in [0.29, 0.717) is 11.3 Å². The Labute approximate surface area is 157 Å². The van der Waals surface area contributed by atoms with Gasteiger partial charge in [0.1, 0.15) is 5.76 Å². The number of pyridine rings is 1. The second kappa shape index (κ2) is 8.15. The highest BCUT2D eigenvalue weighted by Gasteiger charge is 2.16. The average molecular weight is 385 g/mol. The van der Waals surface area contributed by atoms with Gasteiger partial charge in [0.05, 0.1) is 23.7 Å². The van der Waals surface area contributed by atoms with E-state index in [1.165, 1.54) is 30.5 Å². The standard InChI is InChI=1S/C19H19N3O4S/c1-14(15-8-10-20-11-9-15)22-19(23)16-4-6-18(7-5-16)27(24,25)21-13-17-3-2-12-26-17/h2-12,14,21H,13H2,1H3,(H,22,23). The van der Waals surface area contributed by atoms with Crippen LogP contribution in [0.5, 0.6) is 0 Å². The van der Waals surface area contributed by atoms with Crippen LogP contribution in [-0.4, -0.2) is 19.3 Å². The smallest absolute Gasteiger partial charge is 0.251 e. The number of carbonyl (C=O) groups excluding carboxylic acids is 1. The number of nitrogens with zero attached hydrogens (tertiary/aromatic N) is 1. The van der Waals surface area contributed by atoms with Crippen molar-refractivity contribution in [1.82, 2.24) is 15.0 Å². The first-order valence-electron chi connectivity index (χ1n) is 8.28. The zero-order valence-corrected chi connectivity index (χ0v) is 15.4. The summed E-state index contributed by atoms with van der Waals surface area (Å²) in [5, 5.41) is 2.87. The van der Waals surface area contributed by atoms with Gasteiger partial charge in [-0.2, -0.15) is 0 Å². The number of hydrogen-bond donors (Lipinski definition) is 2. The Kier molecular flexibility index (Phi) is 5.68. The first-order valence-corrected chi connectivity index (χ1v) is 9.77. The number of amides is 1. The van der Waals surface area contributed by atoms with Crippen LogP contribution in [0.15, 0.2) is 76.5 Å². The van der Waals surface area contributed by atoms with Gasteiger partial charge in [0, 0.05) is 18.0 Å². The van der Waals surface area contributed by atoms with Crippen LogP contribution < -0.4 is 10.0 Å². The van der Waals surface area contributed by atoms with Crippen LogP contribution in [0.4, 0.5) is 0 Å². The van der Waals surface area contributed by atoms with Crippen LogP contribution in [0.25, 0.3) is 0 Å². The molecule has 7 nitrogen and oxygen atoms in total. The molecule has 8 heteroatoms. The van der Waals surface area contributed by atoms with E-state index >= 15 is 0 Å². The lowest BCUT2D eigenvalue weighted by molar-refractivity contribution is 0.0939. The van der Waals surface area contributed by atoms with Gasteiger partial charge >= 0.3 is 0 Å². The van der Waals surface area contributed by atoms with Gasteiger partial charge in [0.15, 0.2) is 0 Å². The van der Waals surface area contributed by atoms with Gasteiger partial charge in [0.25, 0.3) is 5.91 Å². The molecular formula is C19H19N3O4S. The molecule has 0 aliphatic heterocycles. The van der Waals surface area contributed by atoms with Gasteiger partial charge in [-0.1, -0.05) is 0 Å². The summed E-state index contributed by atoms with van der Waals surface area (Å²) in [7, 11) is -3.69. The molecule has 2 aromatic heterocycles. The maximum atomic E-state index is 12.4. The molecule has 2 heterocycles. The van der Waals surface area contributed by atoms with Gasteiger partial charge in [-0.25, -0.2) is 13.1 Å². The quantitative estimate of drug-likeness (QED) is 0.651. The van der Waals surface area contributed by atoms with Crippen molar-refractivity contribution < 1.29 is 17.6 Å². The molecular weight excluding hydrogens is 366 g/mol. The van der Waals surface area contributed by atoms with Crippen molar-refractivity contribution in [2.24, 2.45) is 0 Å². The summed E-state index contributed by atoms with van der Waals surface area (Å²) in [6.45, 7) is 1.92. The van der Waals surface area contributed by atoms with Gasteiger partial charge in [-0.15, -0.1) is 0 Å². The van der Waals surface area contributed by atoms with Crippen molar-refractivity contribution in [3.8, 4) is 0 Å². The minimum atomic E-state index is -3.69. The van der Waals surface area contributed by atoms with E-state index in [0.717, 1.165) is 5.56 Å². The normalized spacial score (nSPS) is 12.5. The summed E-state index contributed by atoms with van der Waals surface area (Å²) in [6, 6.07) is 12.6. The second-order valence-corrected chi connectivity index (χ2v) is 7.67. The van der Waals surface area contributed by atoms with E-state index in [2.05, 4.69) is 15.0 Å². The number of benzene rings is 1. The Hall–Kier alpha value is -2.97. The Morgan fingerprint density at radius 1 is 1.11 bits per heavy atom. The van der Waals surface area contributed by atoms with Crippen molar-refractivity contribution in [1.29, 1.82) is 0 Å². The SMILES string of the molecule is CC(NC(=O)c1ccc(S(=O)(=O)NCc2ccco2)cc1)c1ccncc1. The second-order valence-electron chi connectivity index (χ2n) is 5.90. The molecule has 0 bridgehead atoms. The zero-order chi connectivity index (χ0) is 19.3. The minimum Gasteiger partial charge on any atom is -0.468 e. The monoisotopic (exact) mass is 385 g/mol. The van der Waals surface area contributed by atoms with Crippen LogP contribution >= 0.6 is 0 Å². The topological polar surface area (TPSA) is 101 Å². The van der Waals surface area contributed by atoms with Crippen LogP contribution in [0, 0.1) is 0 Å². The highest BCUT2D eigenvalue weighted by Crippen LogP contribution is 2.14. The number of furan rings is 1. The highest BCUT2D eigenvalue weighted by atomic mass is 32.2. The molecule has 1 unspecified atom stereocenters. The number of nitrogens with one attached hydrogen (secondary N) is 2. The molecule has 2 N–H and O–H groups in total. The molecule has 0 aliphatic carbocycles. The Balaban J connectivity index is 1.64. The summed E-state index contributed by atoms with van der Waals surface area (Å²) >= 11 is 0. The summed E-state index contributed by atoms with van der Waals surface area (Å²) in [5.41, 5.74) is 1.31. The third-order valence-corrected chi connectivity index (χ3v) is 5.41. The molecule has 0 saturated carbocycles. The van der Waals surface area contributed by atoms with Gasteiger partial charge in [-0.05, 0) is 61.0 Å². The highest BCUT2D eigenvalue weighted by molar-refractivity contribution is 7.89. The largest absolute Gasteiger partial charge is 0.468 e. The van der Waals surface area contributed by atoms with E-state index in [4.69, 9.17) is 4.42 Å². The van der Waals surface area contributed by atoms with Crippen LogP contribution in [0.3, 0.4) is 0 Å². The van der Waals surface area contributed by atoms with Gasteiger partial charge < -0.3 is 9.73 Å². The number of aromatic nitrogens is 1. The lowest BCUT2D eigenvalue weighted by atomic mass is 10.1. The maximum absolute atomic E-state index is 12.4. The fourth-order valence-corrected chi connectivity index (χ4v) is 3.46. The van der Waals surface area contributed by atoms with Crippen molar-refractivity contribution in [3.63, 3.8) is 0 Å². The van der Waals surface area contributed by atoms with Crippen molar-refractivity contribution in [2.75, 3.05) is 0 Å².